The number of aromatic nitrogens is 2. The molecule has 1 amide bonds. The molecule has 0 atom stereocenters. The number of benzene rings is 2. The fourth-order valence-electron chi connectivity index (χ4n) is 3.99. The number of imidazole rings is 1. The lowest BCUT2D eigenvalue weighted by Gasteiger charge is -2.24. The van der Waals surface area contributed by atoms with Crippen molar-refractivity contribution in [3.8, 4) is 0 Å². The highest BCUT2D eigenvalue weighted by Crippen LogP contribution is 2.30. The largest absolute Gasteiger partial charge is 0.383 e. The maximum atomic E-state index is 13.2. The van der Waals surface area contributed by atoms with E-state index >= 15 is 0 Å². The first-order valence-corrected chi connectivity index (χ1v) is 13.2. The average molecular weight is 482 g/mol. The summed E-state index contributed by atoms with van der Waals surface area (Å²) in [5, 5.41) is 0.0188. The first kappa shape index (κ1) is 24.2. The highest BCUT2D eigenvalue weighted by Gasteiger charge is 2.29. The van der Waals surface area contributed by atoms with Crippen molar-refractivity contribution in [1.82, 2.24) is 14.5 Å². The van der Waals surface area contributed by atoms with Crippen molar-refractivity contribution in [2.45, 2.75) is 43.3 Å². The number of sulfone groups is 1. The molecule has 1 heterocycles. The van der Waals surface area contributed by atoms with E-state index in [2.05, 4.69) is 4.98 Å². The number of methoxy groups -OCH3 is 1. The van der Waals surface area contributed by atoms with E-state index in [1.807, 2.05) is 53.4 Å². The van der Waals surface area contributed by atoms with E-state index in [1.54, 1.807) is 30.0 Å². The summed E-state index contributed by atoms with van der Waals surface area (Å²) in [7, 11) is -2.10. The van der Waals surface area contributed by atoms with Gasteiger partial charge < -0.3 is 14.2 Å². The van der Waals surface area contributed by atoms with E-state index in [4.69, 9.17) is 4.74 Å². The maximum Gasteiger partial charge on any atom is 0.228 e. The van der Waals surface area contributed by atoms with Crippen molar-refractivity contribution >= 4 is 15.7 Å². The smallest absolute Gasteiger partial charge is 0.228 e. The van der Waals surface area contributed by atoms with Crippen LogP contribution in [0.15, 0.2) is 72.0 Å². The summed E-state index contributed by atoms with van der Waals surface area (Å²) in [6.45, 7) is 1.68. The molecule has 0 radical (unpaired) electrons. The number of carbonyl (C=O) groups excluding carboxylic acids is 1. The summed E-state index contributed by atoms with van der Waals surface area (Å²) < 4.78 is 33.4. The predicted molar refractivity (Wildman–Crippen MR) is 130 cm³/mol. The van der Waals surface area contributed by atoms with Gasteiger partial charge in [-0.2, -0.15) is 0 Å². The second-order valence-corrected chi connectivity index (χ2v) is 10.7. The van der Waals surface area contributed by atoms with Crippen molar-refractivity contribution in [2.75, 3.05) is 20.3 Å². The van der Waals surface area contributed by atoms with Crippen LogP contribution in [-0.2, 0) is 44.6 Å². The molecule has 0 saturated heterocycles. The number of hydrogen-bond donors (Lipinski definition) is 0. The van der Waals surface area contributed by atoms with Gasteiger partial charge in [0.25, 0.3) is 0 Å². The molecule has 1 fully saturated rings. The second kappa shape index (κ2) is 11.0. The Hall–Kier alpha value is -2.97. The fourth-order valence-corrected chi connectivity index (χ4v) is 5.51. The third kappa shape index (κ3) is 6.33. The van der Waals surface area contributed by atoms with Crippen LogP contribution in [0.2, 0.25) is 0 Å². The van der Waals surface area contributed by atoms with E-state index in [1.165, 1.54) is 0 Å². The number of rotatable bonds is 12. The zero-order chi connectivity index (χ0) is 24.0. The molecule has 1 aliphatic rings. The van der Waals surface area contributed by atoms with Gasteiger partial charge in [-0.25, -0.2) is 13.4 Å². The molecule has 8 heteroatoms. The minimum atomic E-state index is -3.68. The van der Waals surface area contributed by atoms with Gasteiger partial charge in [-0.3, -0.25) is 4.79 Å². The molecular weight excluding hydrogens is 450 g/mol. The van der Waals surface area contributed by atoms with Crippen LogP contribution in [0, 0.1) is 5.92 Å². The molecule has 4 rings (SSSR count). The van der Waals surface area contributed by atoms with E-state index in [9.17, 15) is 13.2 Å². The lowest BCUT2D eigenvalue weighted by atomic mass is 10.1. The Kier molecular flexibility index (Phi) is 7.80. The van der Waals surface area contributed by atoms with E-state index in [-0.39, 0.29) is 16.8 Å². The Bertz CT molecular complexity index is 1190. The van der Waals surface area contributed by atoms with Crippen LogP contribution < -0.4 is 0 Å². The molecule has 0 unspecified atom stereocenters. The third-order valence-corrected chi connectivity index (χ3v) is 7.57. The van der Waals surface area contributed by atoms with Crippen molar-refractivity contribution in [3.05, 3.63) is 83.7 Å². The van der Waals surface area contributed by atoms with Gasteiger partial charge in [0, 0.05) is 20.2 Å². The number of carbonyl (C=O) groups is 1. The summed E-state index contributed by atoms with van der Waals surface area (Å²) in [6.07, 6.45) is 4.14. The van der Waals surface area contributed by atoms with Crippen LogP contribution in [0.5, 0.6) is 0 Å². The van der Waals surface area contributed by atoms with Gasteiger partial charge >= 0.3 is 0 Å². The molecule has 7 nitrogen and oxygen atoms in total. The van der Waals surface area contributed by atoms with Crippen LogP contribution >= 0.6 is 0 Å². The Balaban J connectivity index is 1.58. The first-order valence-electron chi connectivity index (χ1n) is 11.6. The predicted octanol–water partition coefficient (Wildman–Crippen LogP) is 3.48. The zero-order valence-electron chi connectivity index (χ0n) is 19.5. The van der Waals surface area contributed by atoms with Gasteiger partial charge in [0.05, 0.1) is 37.2 Å². The molecule has 0 spiro atoms. The minimum absolute atomic E-state index is 0.0188. The molecule has 2 aromatic carbocycles. The molecule has 180 valence electrons. The second-order valence-electron chi connectivity index (χ2n) is 8.80. The number of nitrogens with zero attached hydrogens (tertiary/aromatic N) is 3. The van der Waals surface area contributed by atoms with Crippen LogP contribution in [0.3, 0.4) is 0 Å². The molecule has 1 aliphatic carbocycles. The minimum Gasteiger partial charge on any atom is -0.383 e. The van der Waals surface area contributed by atoms with Crippen LogP contribution in [0.4, 0.5) is 0 Å². The highest BCUT2D eigenvalue weighted by atomic mass is 32.2. The molecule has 0 N–H and O–H groups in total. The number of hydrogen-bond acceptors (Lipinski definition) is 5. The van der Waals surface area contributed by atoms with E-state index in [0.29, 0.717) is 49.8 Å². The van der Waals surface area contributed by atoms with Crippen molar-refractivity contribution in [1.29, 1.82) is 0 Å². The standard InChI is InChI=1S/C26H31N3O4S/c1-33-15-14-29-24(17-27-26(29)34(31,32)20-23-10-6-3-7-11-23)19-28(18-22-12-13-22)25(30)16-21-8-4-2-5-9-21/h2-11,17,22H,12-16,18-20H2,1H3. The van der Waals surface area contributed by atoms with Crippen LogP contribution in [-0.4, -0.2) is 49.0 Å². The quantitative estimate of drug-likeness (QED) is 0.396. The van der Waals surface area contributed by atoms with Gasteiger partial charge in [-0.15, -0.1) is 0 Å². The molecule has 1 aromatic heterocycles. The highest BCUT2D eigenvalue weighted by molar-refractivity contribution is 7.90. The van der Waals surface area contributed by atoms with Gasteiger partial charge in [0.15, 0.2) is 0 Å². The SMILES string of the molecule is COCCn1c(CN(CC2CC2)C(=O)Cc2ccccc2)cnc1S(=O)(=O)Cc1ccccc1. The van der Waals surface area contributed by atoms with Gasteiger partial charge in [0.2, 0.25) is 20.9 Å². The summed E-state index contributed by atoms with van der Waals surface area (Å²) in [4.78, 5) is 19.4. The molecule has 1 saturated carbocycles. The Morgan fingerprint density at radius 3 is 2.32 bits per heavy atom. The monoisotopic (exact) mass is 481 g/mol. The average Bonchev–Trinajstić information content (AvgIpc) is 3.55. The van der Waals surface area contributed by atoms with Crippen molar-refractivity contribution < 1.29 is 17.9 Å². The molecule has 3 aromatic rings. The van der Waals surface area contributed by atoms with Gasteiger partial charge in [-0.05, 0) is 29.9 Å². The third-order valence-electron chi connectivity index (χ3n) is 5.98. The number of ether oxygens (including phenoxy) is 1. The number of amides is 1. The topological polar surface area (TPSA) is 81.5 Å². The zero-order valence-corrected chi connectivity index (χ0v) is 20.3. The summed E-state index contributed by atoms with van der Waals surface area (Å²) in [5.41, 5.74) is 2.37. The lowest BCUT2D eigenvalue weighted by molar-refractivity contribution is -0.131. The van der Waals surface area contributed by atoms with Crippen LogP contribution in [0.25, 0.3) is 0 Å². The summed E-state index contributed by atoms with van der Waals surface area (Å²) >= 11 is 0. The van der Waals surface area contributed by atoms with Crippen molar-refractivity contribution in [2.24, 2.45) is 5.92 Å². The normalized spacial score (nSPS) is 13.7. The Morgan fingerprint density at radius 1 is 1.06 bits per heavy atom. The Morgan fingerprint density at radius 2 is 1.71 bits per heavy atom. The first-order chi connectivity index (χ1) is 16.5. The van der Waals surface area contributed by atoms with Gasteiger partial charge in [0.1, 0.15) is 0 Å². The summed E-state index contributed by atoms with van der Waals surface area (Å²) in [6, 6.07) is 18.8. The molecular formula is C26H31N3O4S. The van der Waals surface area contributed by atoms with Crippen LogP contribution in [0.1, 0.15) is 29.7 Å². The van der Waals surface area contributed by atoms with E-state index in [0.717, 1.165) is 18.4 Å². The van der Waals surface area contributed by atoms with E-state index < -0.39 is 9.84 Å². The van der Waals surface area contributed by atoms with Crippen molar-refractivity contribution in [3.63, 3.8) is 0 Å². The maximum absolute atomic E-state index is 13.2. The molecule has 0 aliphatic heterocycles. The van der Waals surface area contributed by atoms with Gasteiger partial charge in [-0.1, -0.05) is 60.7 Å². The molecule has 34 heavy (non-hydrogen) atoms. The Labute approximate surface area is 201 Å². The summed E-state index contributed by atoms with van der Waals surface area (Å²) in [5.74, 6) is 0.415. The fraction of sp³-hybridized carbons (Fsp3) is 0.385. The molecule has 0 bridgehead atoms. The lowest BCUT2D eigenvalue weighted by Crippen LogP contribution is -2.34.